The third-order valence-corrected chi connectivity index (χ3v) is 6.36. The average Bonchev–Trinajstić information content (AvgIpc) is 2.94. The smallest absolute Gasteiger partial charge is 0.252 e. The fraction of sp³-hybridized carbons (Fsp3) is 0.273. The number of carbonyl (C=O) groups excluding carboxylic acids is 1. The van der Waals surface area contributed by atoms with Crippen LogP contribution in [0.2, 0.25) is 0 Å². The summed E-state index contributed by atoms with van der Waals surface area (Å²) in [5.74, 6) is -0.112. The minimum atomic E-state index is -0.112. The van der Waals surface area contributed by atoms with Crippen molar-refractivity contribution in [1.29, 1.82) is 0 Å². The van der Waals surface area contributed by atoms with Crippen LogP contribution in [0.15, 0.2) is 52.9 Å². The van der Waals surface area contributed by atoms with Crippen LogP contribution in [0, 0.1) is 20.8 Å². The van der Waals surface area contributed by atoms with Gasteiger partial charge in [0.15, 0.2) is 4.80 Å². The summed E-state index contributed by atoms with van der Waals surface area (Å²) in [6, 6.07) is 10.6. The molecule has 0 unspecified atom stereocenters. The van der Waals surface area contributed by atoms with Crippen molar-refractivity contribution in [3.05, 3.63) is 70.0 Å². The molecule has 0 radical (unpaired) electrons. The first-order valence-corrected chi connectivity index (χ1v) is 10.9. The van der Waals surface area contributed by atoms with Gasteiger partial charge in [0.05, 0.1) is 16.6 Å². The molecule has 0 bridgehead atoms. The predicted octanol–water partition coefficient (Wildman–Crippen LogP) is 5.21. The number of amides is 1. The molecule has 0 saturated carbocycles. The molecule has 0 fully saturated rings. The Morgan fingerprint density at radius 2 is 1.93 bits per heavy atom. The molecule has 1 amide bonds. The molecule has 3 aromatic rings. The number of thiazole rings is 1. The van der Waals surface area contributed by atoms with Gasteiger partial charge < -0.3 is 4.57 Å². The number of carbonyl (C=O) groups is 1. The summed E-state index contributed by atoms with van der Waals surface area (Å²) in [6.07, 6.45) is 4.23. The largest absolute Gasteiger partial charge is 0.313 e. The molecule has 1 aromatic heterocycles. The Morgan fingerprint density at radius 3 is 2.56 bits per heavy atom. The first-order chi connectivity index (χ1) is 12.9. The molecule has 0 aliphatic heterocycles. The molecule has 5 heteroatoms. The fourth-order valence-electron chi connectivity index (χ4n) is 3.36. The predicted molar refractivity (Wildman–Crippen MR) is 117 cm³/mol. The first kappa shape index (κ1) is 19.6. The van der Waals surface area contributed by atoms with Crippen LogP contribution in [-0.4, -0.2) is 16.7 Å². The lowest BCUT2D eigenvalue weighted by atomic mass is 9.97. The number of hydrogen-bond donors (Lipinski definition) is 0. The highest BCUT2D eigenvalue weighted by atomic mass is 32.2. The van der Waals surface area contributed by atoms with Gasteiger partial charge in [0.2, 0.25) is 0 Å². The number of nitrogens with zero attached hydrogens (tertiary/aromatic N) is 2. The zero-order valence-corrected chi connectivity index (χ0v) is 17.8. The fourth-order valence-corrected chi connectivity index (χ4v) is 4.97. The summed E-state index contributed by atoms with van der Waals surface area (Å²) in [7, 11) is 0. The maximum absolute atomic E-state index is 12.7. The van der Waals surface area contributed by atoms with Crippen LogP contribution in [0.3, 0.4) is 0 Å². The highest BCUT2D eigenvalue weighted by molar-refractivity contribution is 7.98. The van der Waals surface area contributed by atoms with Crippen LogP contribution in [0.4, 0.5) is 0 Å². The van der Waals surface area contributed by atoms with Crippen LogP contribution in [0.25, 0.3) is 10.2 Å². The van der Waals surface area contributed by atoms with E-state index in [2.05, 4.69) is 73.5 Å². The van der Waals surface area contributed by atoms with Gasteiger partial charge >= 0.3 is 0 Å². The standard InChI is InChI=1S/C22H24N2OS2/c1-6-9-24-19-8-7-17(26-5)12-20(19)27-22(24)23-21(25)13-18-15(3)10-14(2)11-16(18)4/h6-8,10-12H,1,9,13H2,2-5H3. The number of thioether (sulfide) groups is 1. The number of allylic oxidation sites excluding steroid dienone is 1. The summed E-state index contributed by atoms with van der Waals surface area (Å²) >= 11 is 3.27. The highest BCUT2D eigenvalue weighted by Crippen LogP contribution is 2.24. The normalized spacial score (nSPS) is 11.9. The van der Waals surface area contributed by atoms with Crippen LogP contribution in [-0.2, 0) is 17.8 Å². The molecule has 0 aliphatic carbocycles. The summed E-state index contributed by atoms with van der Waals surface area (Å²) in [5, 5.41) is 0. The SMILES string of the molecule is C=CCn1c(=NC(=O)Cc2c(C)cc(C)cc2C)sc2cc(SC)ccc21. The van der Waals surface area contributed by atoms with Gasteiger partial charge in [-0.25, -0.2) is 0 Å². The van der Waals surface area contributed by atoms with E-state index in [4.69, 9.17) is 0 Å². The van der Waals surface area contributed by atoms with Crippen molar-refractivity contribution < 1.29 is 4.79 Å². The number of hydrogen-bond acceptors (Lipinski definition) is 3. The van der Waals surface area contributed by atoms with Gasteiger partial charge in [-0.1, -0.05) is 35.1 Å². The molecule has 3 nitrogen and oxygen atoms in total. The van der Waals surface area contributed by atoms with Crippen molar-refractivity contribution in [2.75, 3.05) is 6.26 Å². The molecular formula is C22H24N2OS2. The lowest BCUT2D eigenvalue weighted by Gasteiger charge is -2.09. The van der Waals surface area contributed by atoms with E-state index in [0.717, 1.165) is 31.7 Å². The molecule has 1 heterocycles. The maximum atomic E-state index is 12.7. The average molecular weight is 397 g/mol. The highest BCUT2D eigenvalue weighted by Gasteiger charge is 2.11. The summed E-state index contributed by atoms with van der Waals surface area (Å²) in [6.45, 7) is 10.7. The second-order valence-electron chi connectivity index (χ2n) is 6.68. The zero-order valence-electron chi connectivity index (χ0n) is 16.2. The van der Waals surface area contributed by atoms with Gasteiger partial charge in [-0.3, -0.25) is 4.79 Å². The van der Waals surface area contributed by atoms with Gasteiger partial charge in [-0.05, 0) is 61.9 Å². The Morgan fingerprint density at radius 1 is 1.22 bits per heavy atom. The lowest BCUT2D eigenvalue weighted by molar-refractivity contribution is -0.117. The van der Waals surface area contributed by atoms with Crippen LogP contribution in [0.5, 0.6) is 0 Å². The van der Waals surface area contributed by atoms with Crippen molar-refractivity contribution in [2.24, 2.45) is 4.99 Å². The van der Waals surface area contributed by atoms with E-state index in [9.17, 15) is 4.79 Å². The van der Waals surface area contributed by atoms with E-state index >= 15 is 0 Å². The third-order valence-electron chi connectivity index (χ3n) is 4.59. The van der Waals surface area contributed by atoms with Gasteiger partial charge in [-0.2, -0.15) is 4.99 Å². The third kappa shape index (κ3) is 4.25. The van der Waals surface area contributed by atoms with Crippen molar-refractivity contribution >= 4 is 39.2 Å². The molecule has 27 heavy (non-hydrogen) atoms. The number of fused-ring (bicyclic) bond motifs is 1. The molecule has 3 rings (SSSR count). The van der Waals surface area contributed by atoms with E-state index in [0.29, 0.717) is 13.0 Å². The van der Waals surface area contributed by atoms with Crippen molar-refractivity contribution in [3.63, 3.8) is 0 Å². The molecule has 0 spiro atoms. The van der Waals surface area contributed by atoms with Gasteiger partial charge in [-0.15, -0.1) is 18.3 Å². The Labute approximate surface area is 168 Å². The van der Waals surface area contributed by atoms with Gasteiger partial charge in [0, 0.05) is 11.4 Å². The quantitative estimate of drug-likeness (QED) is 0.438. The first-order valence-electron chi connectivity index (χ1n) is 8.85. The maximum Gasteiger partial charge on any atom is 0.252 e. The summed E-state index contributed by atoms with van der Waals surface area (Å²) in [4.78, 5) is 19.1. The Bertz CT molecular complexity index is 1070. The topological polar surface area (TPSA) is 34.4 Å². The molecule has 0 saturated heterocycles. The molecule has 140 valence electrons. The Kier molecular flexibility index (Phi) is 6.02. The number of rotatable bonds is 5. The van der Waals surface area contributed by atoms with Crippen molar-refractivity contribution in [1.82, 2.24) is 4.57 Å². The number of aryl methyl sites for hydroxylation is 3. The molecular weight excluding hydrogens is 372 g/mol. The number of benzene rings is 2. The van der Waals surface area contributed by atoms with E-state index in [1.54, 1.807) is 23.1 Å². The minimum Gasteiger partial charge on any atom is -0.313 e. The zero-order chi connectivity index (χ0) is 19.6. The van der Waals surface area contributed by atoms with Gasteiger partial charge in [0.1, 0.15) is 0 Å². The van der Waals surface area contributed by atoms with Crippen LogP contribution in [0.1, 0.15) is 22.3 Å². The molecule has 2 aromatic carbocycles. The van der Waals surface area contributed by atoms with Crippen LogP contribution < -0.4 is 4.80 Å². The summed E-state index contributed by atoms with van der Waals surface area (Å²) < 4.78 is 3.20. The van der Waals surface area contributed by atoms with E-state index < -0.39 is 0 Å². The Hall–Kier alpha value is -2.11. The second-order valence-corrected chi connectivity index (χ2v) is 8.57. The van der Waals surface area contributed by atoms with Crippen molar-refractivity contribution in [2.45, 2.75) is 38.6 Å². The number of aromatic nitrogens is 1. The summed E-state index contributed by atoms with van der Waals surface area (Å²) in [5.41, 5.74) is 5.69. The molecule has 0 atom stereocenters. The minimum absolute atomic E-state index is 0.112. The second kappa shape index (κ2) is 8.28. The monoisotopic (exact) mass is 396 g/mol. The van der Waals surface area contributed by atoms with Crippen molar-refractivity contribution in [3.8, 4) is 0 Å². The van der Waals surface area contributed by atoms with E-state index in [1.807, 2.05) is 6.08 Å². The Balaban J connectivity index is 2.03. The van der Waals surface area contributed by atoms with E-state index in [1.165, 1.54) is 10.5 Å². The van der Waals surface area contributed by atoms with Gasteiger partial charge in [0.25, 0.3) is 5.91 Å². The molecule has 0 aliphatic rings. The van der Waals surface area contributed by atoms with Crippen LogP contribution >= 0.6 is 23.1 Å². The van der Waals surface area contributed by atoms with E-state index in [-0.39, 0.29) is 5.91 Å². The lowest BCUT2D eigenvalue weighted by Crippen LogP contribution is -2.17. The molecule has 0 N–H and O–H groups in total.